The first-order valence-electron chi connectivity index (χ1n) is 5.82. The molecule has 0 N–H and O–H groups in total. The molecule has 0 aliphatic rings. The minimum absolute atomic E-state index is 0.325. The van der Waals surface area contributed by atoms with Gasteiger partial charge in [0.05, 0.1) is 6.07 Å². The van der Waals surface area contributed by atoms with Crippen molar-refractivity contribution in [2.24, 2.45) is 5.92 Å². The fraction of sp³-hybridized carbons (Fsp3) is 0.909. The zero-order chi connectivity index (χ0) is 12.8. The molecule has 0 saturated carbocycles. The van der Waals surface area contributed by atoms with Crippen LogP contribution in [0.15, 0.2) is 0 Å². The third-order valence-corrected chi connectivity index (χ3v) is 5.08. The summed E-state index contributed by atoms with van der Waals surface area (Å²) in [6, 6.07) is 1.87. The number of nitriles is 1. The molecule has 4 nitrogen and oxygen atoms in total. The standard InChI is InChI=1S/C11H22N2O2S/c1-5-10(4)9-13(7-3)16(14,15)11(6-2)8-12/h10-11H,5-7,9H2,1-4H3. The van der Waals surface area contributed by atoms with Crippen molar-refractivity contribution in [2.45, 2.75) is 45.8 Å². The topological polar surface area (TPSA) is 61.2 Å². The molecule has 0 rings (SSSR count). The molecule has 2 atom stereocenters. The molecule has 0 aliphatic carbocycles. The summed E-state index contributed by atoms with van der Waals surface area (Å²) in [5, 5.41) is 7.94. The van der Waals surface area contributed by atoms with E-state index in [4.69, 9.17) is 5.26 Å². The molecule has 0 bridgehead atoms. The van der Waals surface area contributed by atoms with Gasteiger partial charge in [-0.3, -0.25) is 0 Å². The lowest BCUT2D eigenvalue weighted by molar-refractivity contribution is 0.359. The number of hydrogen-bond acceptors (Lipinski definition) is 3. The molecule has 0 aliphatic heterocycles. The van der Waals surface area contributed by atoms with E-state index in [0.717, 1.165) is 6.42 Å². The quantitative estimate of drug-likeness (QED) is 0.690. The van der Waals surface area contributed by atoms with Crippen LogP contribution in [0.2, 0.25) is 0 Å². The van der Waals surface area contributed by atoms with Crippen molar-refractivity contribution >= 4 is 10.0 Å². The van der Waals surface area contributed by atoms with E-state index in [1.165, 1.54) is 4.31 Å². The summed E-state index contributed by atoms with van der Waals surface area (Å²) < 4.78 is 25.6. The van der Waals surface area contributed by atoms with Crippen molar-refractivity contribution in [3.8, 4) is 6.07 Å². The minimum atomic E-state index is -3.45. The van der Waals surface area contributed by atoms with Gasteiger partial charge in [0.15, 0.2) is 5.25 Å². The maximum Gasteiger partial charge on any atom is 0.230 e. The highest BCUT2D eigenvalue weighted by molar-refractivity contribution is 7.90. The van der Waals surface area contributed by atoms with Crippen LogP contribution < -0.4 is 0 Å². The Labute approximate surface area is 99.3 Å². The first-order chi connectivity index (χ1) is 7.43. The van der Waals surface area contributed by atoms with E-state index in [2.05, 4.69) is 0 Å². The molecule has 0 heterocycles. The fourth-order valence-corrected chi connectivity index (χ4v) is 3.17. The van der Waals surface area contributed by atoms with Gasteiger partial charge in [0.1, 0.15) is 0 Å². The van der Waals surface area contributed by atoms with Crippen molar-refractivity contribution in [2.75, 3.05) is 13.1 Å². The molecule has 0 spiro atoms. The van der Waals surface area contributed by atoms with Crippen LogP contribution >= 0.6 is 0 Å². The van der Waals surface area contributed by atoms with Gasteiger partial charge < -0.3 is 0 Å². The van der Waals surface area contributed by atoms with Gasteiger partial charge in [-0.05, 0) is 12.3 Å². The molecule has 0 aromatic carbocycles. The molecule has 0 aromatic heterocycles. The molecule has 16 heavy (non-hydrogen) atoms. The Kier molecular flexibility index (Phi) is 6.61. The Balaban J connectivity index is 4.88. The van der Waals surface area contributed by atoms with Crippen LogP contribution in [0.4, 0.5) is 0 Å². The molecule has 0 saturated heterocycles. The maximum atomic E-state index is 12.1. The predicted molar refractivity (Wildman–Crippen MR) is 65.3 cm³/mol. The van der Waals surface area contributed by atoms with Crippen LogP contribution in [0.3, 0.4) is 0 Å². The van der Waals surface area contributed by atoms with Crippen molar-refractivity contribution in [3.05, 3.63) is 0 Å². The predicted octanol–water partition coefficient (Wildman–Crippen LogP) is 1.99. The molecule has 94 valence electrons. The summed E-state index contributed by atoms with van der Waals surface area (Å²) in [7, 11) is -3.45. The fourth-order valence-electron chi connectivity index (χ4n) is 1.44. The Morgan fingerprint density at radius 2 is 1.81 bits per heavy atom. The van der Waals surface area contributed by atoms with E-state index in [9.17, 15) is 8.42 Å². The van der Waals surface area contributed by atoms with Crippen LogP contribution in [0.1, 0.15) is 40.5 Å². The third-order valence-electron chi connectivity index (χ3n) is 2.80. The highest BCUT2D eigenvalue weighted by Crippen LogP contribution is 2.15. The Bertz CT molecular complexity index is 332. The second kappa shape index (κ2) is 6.87. The normalized spacial score (nSPS) is 15.8. The smallest absolute Gasteiger partial charge is 0.211 e. The summed E-state index contributed by atoms with van der Waals surface area (Å²) in [4.78, 5) is 0. The lowest BCUT2D eigenvalue weighted by Gasteiger charge is -2.25. The largest absolute Gasteiger partial charge is 0.230 e. The molecule has 0 aromatic rings. The van der Waals surface area contributed by atoms with Gasteiger partial charge in [0, 0.05) is 13.1 Å². The first-order valence-corrected chi connectivity index (χ1v) is 7.32. The first kappa shape index (κ1) is 15.4. The maximum absolute atomic E-state index is 12.1. The van der Waals surface area contributed by atoms with Crippen molar-refractivity contribution in [1.82, 2.24) is 4.31 Å². The summed E-state index contributed by atoms with van der Waals surface area (Å²) in [5.41, 5.74) is 0. The van der Waals surface area contributed by atoms with Gasteiger partial charge in [-0.15, -0.1) is 0 Å². The number of rotatable bonds is 7. The minimum Gasteiger partial charge on any atom is -0.211 e. The van der Waals surface area contributed by atoms with Crippen LogP contribution in [0, 0.1) is 17.2 Å². The van der Waals surface area contributed by atoms with E-state index in [1.807, 2.05) is 26.8 Å². The summed E-state index contributed by atoms with van der Waals surface area (Å²) in [6.45, 7) is 8.53. The average Bonchev–Trinajstić information content (AvgIpc) is 2.26. The summed E-state index contributed by atoms with van der Waals surface area (Å²) in [6.07, 6.45) is 1.28. The molecule has 0 amide bonds. The molecule has 5 heteroatoms. The van der Waals surface area contributed by atoms with Gasteiger partial charge in [0.2, 0.25) is 10.0 Å². The monoisotopic (exact) mass is 246 g/mol. The Morgan fingerprint density at radius 3 is 2.12 bits per heavy atom. The molecule has 2 unspecified atom stereocenters. The molecule has 0 fully saturated rings. The Morgan fingerprint density at radius 1 is 1.25 bits per heavy atom. The van der Waals surface area contributed by atoms with Crippen LogP contribution in [-0.4, -0.2) is 31.1 Å². The lowest BCUT2D eigenvalue weighted by Crippen LogP contribution is -2.40. The van der Waals surface area contributed by atoms with Crippen LogP contribution in [-0.2, 0) is 10.0 Å². The number of hydrogen-bond donors (Lipinski definition) is 0. The van der Waals surface area contributed by atoms with Gasteiger partial charge >= 0.3 is 0 Å². The van der Waals surface area contributed by atoms with E-state index in [1.54, 1.807) is 6.92 Å². The second-order valence-electron chi connectivity index (χ2n) is 4.03. The highest BCUT2D eigenvalue weighted by atomic mass is 32.2. The third kappa shape index (κ3) is 3.76. The van der Waals surface area contributed by atoms with Gasteiger partial charge in [-0.1, -0.05) is 34.1 Å². The van der Waals surface area contributed by atoms with Crippen molar-refractivity contribution in [1.29, 1.82) is 5.26 Å². The zero-order valence-corrected chi connectivity index (χ0v) is 11.4. The SMILES string of the molecule is CCC(C)CN(CC)S(=O)(=O)C(C#N)CC. The lowest BCUT2D eigenvalue weighted by atomic mass is 10.1. The highest BCUT2D eigenvalue weighted by Gasteiger charge is 2.30. The van der Waals surface area contributed by atoms with Gasteiger partial charge in [-0.25, -0.2) is 12.7 Å². The van der Waals surface area contributed by atoms with E-state index in [-0.39, 0.29) is 0 Å². The van der Waals surface area contributed by atoms with E-state index >= 15 is 0 Å². The zero-order valence-electron chi connectivity index (χ0n) is 10.6. The summed E-state index contributed by atoms with van der Waals surface area (Å²) >= 11 is 0. The van der Waals surface area contributed by atoms with Crippen molar-refractivity contribution in [3.63, 3.8) is 0 Å². The molecule has 0 radical (unpaired) electrons. The number of sulfonamides is 1. The summed E-state index contributed by atoms with van der Waals surface area (Å²) in [5.74, 6) is 0.325. The van der Waals surface area contributed by atoms with Crippen LogP contribution in [0.25, 0.3) is 0 Å². The van der Waals surface area contributed by atoms with E-state index in [0.29, 0.717) is 25.4 Å². The Hall–Kier alpha value is -0.600. The second-order valence-corrected chi connectivity index (χ2v) is 6.15. The molecular formula is C11H22N2O2S. The van der Waals surface area contributed by atoms with Gasteiger partial charge in [-0.2, -0.15) is 5.26 Å². The average molecular weight is 246 g/mol. The van der Waals surface area contributed by atoms with E-state index < -0.39 is 15.3 Å². The van der Waals surface area contributed by atoms with Crippen molar-refractivity contribution < 1.29 is 8.42 Å². The number of nitrogens with zero attached hydrogens (tertiary/aromatic N) is 2. The molecular weight excluding hydrogens is 224 g/mol. The van der Waals surface area contributed by atoms with Gasteiger partial charge in [0.25, 0.3) is 0 Å². The van der Waals surface area contributed by atoms with Crippen LogP contribution in [0.5, 0.6) is 0 Å².